The summed E-state index contributed by atoms with van der Waals surface area (Å²) in [5, 5.41) is 15.0. The topological polar surface area (TPSA) is 194 Å². The fourth-order valence-corrected chi connectivity index (χ4v) is 1.69. The van der Waals surface area contributed by atoms with Gasteiger partial charge in [-0.2, -0.15) is 12.6 Å². The van der Waals surface area contributed by atoms with Gasteiger partial charge in [0, 0.05) is 12.2 Å². The van der Waals surface area contributed by atoms with E-state index in [1.807, 2.05) is 0 Å². The second-order valence-electron chi connectivity index (χ2n) is 4.74. The van der Waals surface area contributed by atoms with Gasteiger partial charge in [-0.05, 0) is 6.42 Å². The van der Waals surface area contributed by atoms with E-state index in [-0.39, 0.29) is 18.6 Å². The molecule has 2 unspecified atom stereocenters. The van der Waals surface area contributed by atoms with E-state index >= 15 is 0 Å². The van der Waals surface area contributed by atoms with Crippen LogP contribution in [0.4, 0.5) is 0 Å². The Bertz CT molecular complexity index is 500. The summed E-state index contributed by atoms with van der Waals surface area (Å²) in [4.78, 5) is 55.9. The van der Waals surface area contributed by atoms with Gasteiger partial charge >= 0.3 is 5.97 Å². The summed E-state index contributed by atoms with van der Waals surface area (Å²) < 4.78 is 0. The summed E-state index contributed by atoms with van der Waals surface area (Å²) in [5.41, 5.74) is 10.5. The highest BCUT2D eigenvalue weighted by Crippen LogP contribution is 1.96. The van der Waals surface area contributed by atoms with Crippen LogP contribution in [0.1, 0.15) is 12.8 Å². The summed E-state index contributed by atoms with van der Waals surface area (Å²) in [5.74, 6) is -3.94. The van der Waals surface area contributed by atoms with Crippen molar-refractivity contribution in [2.75, 3.05) is 18.8 Å². The van der Waals surface area contributed by atoms with Crippen LogP contribution in [-0.2, 0) is 24.0 Å². The number of carboxylic acids is 1. The number of hydrogen-bond donors (Lipinski definition) is 7. The maximum atomic E-state index is 11.9. The molecule has 4 amide bonds. The first kappa shape index (κ1) is 21.7. The average Bonchev–Trinajstić information content (AvgIpc) is 2.52. The number of amides is 4. The van der Waals surface area contributed by atoms with Gasteiger partial charge in [0.2, 0.25) is 23.6 Å². The standard InChI is InChI=1S/C12H21N5O6S/c13-6(1-2-8(14)18)11(22)17-7(5-24)12(23)16-3-9(19)15-4-10(20)21/h6-7,24H,1-5,13H2,(H2,14,18)(H,15,19)(H,16,23)(H,17,22)(H,20,21). The predicted molar refractivity (Wildman–Crippen MR) is 85.8 cm³/mol. The van der Waals surface area contributed by atoms with Crippen molar-refractivity contribution in [2.45, 2.75) is 24.9 Å². The second-order valence-corrected chi connectivity index (χ2v) is 5.11. The second kappa shape index (κ2) is 11.2. The van der Waals surface area contributed by atoms with Crippen molar-refractivity contribution < 1.29 is 29.1 Å². The van der Waals surface area contributed by atoms with E-state index in [0.29, 0.717) is 0 Å². The highest BCUT2D eigenvalue weighted by molar-refractivity contribution is 7.80. The number of hydrogen-bond acceptors (Lipinski definition) is 7. The molecule has 0 bridgehead atoms. The van der Waals surface area contributed by atoms with E-state index in [0.717, 1.165) is 0 Å². The maximum absolute atomic E-state index is 11.9. The molecule has 24 heavy (non-hydrogen) atoms. The summed E-state index contributed by atoms with van der Waals surface area (Å²) in [6.45, 7) is -1.03. The van der Waals surface area contributed by atoms with Gasteiger partial charge in [0.1, 0.15) is 12.6 Å². The molecule has 0 saturated heterocycles. The Balaban J connectivity index is 4.33. The molecule has 0 aliphatic rings. The monoisotopic (exact) mass is 363 g/mol. The van der Waals surface area contributed by atoms with Gasteiger partial charge < -0.3 is 32.5 Å². The van der Waals surface area contributed by atoms with E-state index in [1.54, 1.807) is 0 Å². The molecular formula is C12H21N5O6S. The Labute approximate surface area is 143 Å². The predicted octanol–water partition coefficient (Wildman–Crippen LogP) is -3.69. The van der Waals surface area contributed by atoms with E-state index in [1.165, 1.54) is 0 Å². The zero-order valence-electron chi connectivity index (χ0n) is 12.8. The molecule has 2 atom stereocenters. The van der Waals surface area contributed by atoms with Crippen LogP contribution in [0.3, 0.4) is 0 Å². The zero-order chi connectivity index (χ0) is 18.7. The number of primary amides is 1. The van der Waals surface area contributed by atoms with Crippen LogP contribution in [0.15, 0.2) is 0 Å². The molecule has 0 fully saturated rings. The van der Waals surface area contributed by atoms with Gasteiger partial charge in [0.15, 0.2) is 0 Å². The lowest BCUT2D eigenvalue weighted by Crippen LogP contribution is -2.53. The van der Waals surface area contributed by atoms with Gasteiger partial charge in [-0.1, -0.05) is 0 Å². The van der Waals surface area contributed by atoms with Gasteiger partial charge in [-0.25, -0.2) is 0 Å². The minimum Gasteiger partial charge on any atom is -0.480 e. The highest BCUT2D eigenvalue weighted by Gasteiger charge is 2.23. The zero-order valence-corrected chi connectivity index (χ0v) is 13.7. The third-order valence-electron chi connectivity index (χ3n) is 2.71. The van der Waals surface area contributed by atoms with E-state index < -0.39 is 54.8 Å². The van der Waals surface area contributed by atoms with E-state index in [4.69, 9.17) is 16.6 Å². The molecule has 0 aromatic carbocycles. The molecule has 136 valence electrons. The van der Waals surface area contributed by atoms with E-state index in [9.17, 15) is 24.0 Å². The van der Waals surface area contributed by atoms with Crippen molar-refractivity contribution in [2.24, 2.45) is 11.5 Å². The van der Waals surface area contributed by atoms with Crippen molar-refractivity contribution in [3.63, 3.8) is 0 Å². The van der Waals surface area contributed by atoms with Gasteiger partial charge in [0.05, 0.1) is 12.6 Å². The van der Waals surface area contributed by atoms with E-state index in [2.05, 4.69) is 28.6 Å². The number of nitrogens with two attached hydrogens (primary N) is 2. The molecule has 0 heterocycles. The summed E-state index contributed by atoms with van der Waals surface area (Å²) >= 11 is 3.93. The van der Waals surface area contributed by atoms with Crippen molar-refractivity contribution in [3.8, 4) is 0 Å². The third kappa shape index (κ3) is 9.63. The number of nitrogens with one attached hydrogen (secondary N) is 3. The number of carbonyl (C=O) groups excluding carboxylic acids is 4. The lowest BCUT2D eigenvalue weighted by molar-refractivity contribution is -0.138. The fourth-order valence-electron chi connectivity index (χ4n) is 1.43. The SMILES string of the molecule is NC(=O)CCC(N)C(=O)NC(CS)C(=O)NCC(=O)NCC(=O)O. The van der Waals surface area contributed by atoms with Gasteiger partial charge in [-0.15, -0.1) is 0 Å². The van der Waals surface area contributed by atoms with Crippen LogP contribution in [0, 0.1) is 0 Å². The molecule has 0 radical (unpaired) electrons. The lowest BCUT2D eigenvalue weighted by Gasteiger charge is -2.18. The molecule has 0 spiro atoms. The first-order chi connectivity index (χ1) is 11.2. The number of carboxylic acid groups (broad SMARTS) is 1. The van der Waals surface area contributed by atoms with Crippen LogP contribution in [0.5, 0.6) is 0 Å². The molecular weight excluding hydrogens is 342 g/mol. The molecule has 0 rings (SSSR count). The Kier molecular flexibility index (Phi) is 10.1. The fraction of sp³-hybridized carbons (Fsp3) is 0.583. The Morgan fingerprint density at radius 2 is 1.67 bits per heavy atom. The Hall–Kier alpha value is -2.34. The molecule has 11 nitrogen and oxygen atoms in total. The first-order valence-electron chi connectivity index (χ1n) is 6.88. The van der Waals surface area contributed by atoms with Crippen molar-refractivity contribution in [1.82, 2.24) is 16.0 Å². The van der Waals surface area contributed by atoms with Crippen molar-refractivity contribution >= 4 is 42.2 Å². The van der Waals surface area contributed by atoms with Crippen LogP contribution in [0.25, 0.3) is 0 Å². The van der Waals surface area contributed by atoms with Crippen molar-refractivity contribution in [3.05, 3.63) is 0 Å². The smallest absolute Gasteiger partial charge is 0.322 e. The molecule has 12 heteroatoms. The quantitative estimate of drug-likeness (QED) is 0.183. The molecule has 0 aliphatic carbocycles. The minimum atomic E-state index is -1.22. The number of carbonyl (C=O) groups is 5. The maximum Gasteiger partial charge on any atom is 0.322 e. The molecule has 8 N–H and O–H groups in total. The summed E-state index contributed by atoms with van der Waals surface area (Å²) in [7, 11) is 0. The van der Waals surface area contributed by atoms with Crippen LogP contribution >= 0.6 is 12.6 Å². The molecule has 0 saturated carbocycles. The first-order valence-corrected chi connectivity index (χ1v) is 7.52. The number of aliphatic carboxylic acids is 1. The lowest BCUT2D eigenvalue weighted by atomic mass is 10.1. The third-order valence-corrected chi connectivity index (χ3v) is 3.08. The Morgan fingerprint density at radius 3 is 2.17 bits per heavy atom. The van der Waals surface area contributed by atoms with Crippen molar-refractivity contribution in [1.29, 1.82) is 0 Å². The molecule has 0 aliphatic heterocycles. The van der Waals surface area contributed by atoms with Gasteiger partial charge in [-0.3, -0.25) is 24.0 Å². The normalized spacial score (nSPS) is 12.6. The van der Waals surface area contributed by atoms with Crippen LogP contribution in [-0.4, -0.2) is 65.6 Å². The van der Waals surface area contributed by atoms with Crippen LogP contribution < -0.4 is 27.4 Å². The minimum absolute atomic E-state index is 0.0275. The summed E-state index contributed by atoms with van der Waals surface area (Å²) in [6.07, 6.45) is -0.0459. The summed E-state index contributed by atoms with van der Waals surface area (Å²) in [6, 6.07) is -2.07. The number of thiol groups is 1. The largest absolute Gasteiger partial charge is 0.480 e. The van der Waals surface area contributed by atoms with Gasteiger partial charge in [0.25, 0.3) is 0 Å². The molecule has 0 aromatic heterocycles. The molecule has 0 aromatic rings. The Morgan fingerprint density at radius 1 is 1.04 bits per heavy atom. The van der Waals surface area contributed by atoms with Crippen LogP contribution in [0.2, 0.25) is 0 Å². The average molecular weight is 363 g/mol. The number of rotatable bonds is 11. The highest BCUT2D eigenvalue weighted by atomic mass is 32.1.